The number of ether oxygens (including phenoxy) is 2. The predicted octanol–water partition coefficient (Wildman–Crippen LogP) is 3.27. The number of nitrogens with one attached hydrogen (secondary N) is 1. The van der Waals surface area contributed by atoms with E-state index >= 15 is 0 Å². The number of carbonyl (C=O) groups is 2. The minimum Gasteiger partial charge on any atom is -0.467 e. The highest BCUT2D eigenvalue weighted by Gasteiger charge is 2.44. The minimum atomic E-state index is -0.971. The molecule has 1 aliphatic carbocycles. The Morgan fingerprint density at radius 2 is 1.79 bits per heavy atom. The van der Waals surface area contributed by atoms with E-state index in [4.69, 9.17) is 21.1 Å². The van der Waals surface area contributed by atoms with Gasteiger partial charge in [0.1, 0.15) is 5.54 Å². The highest BCUT2D eigenvalue weighted by molar-refractivity contribution is 6.30. The molecule has 0 saturated heterocycles. The molecule has 1 atom stereocenters. The molecule has 1 fully saturated rings. The smallest absolute Gasteiger partial charge is 0.331 e. The van der Waals surface area contributed by atoms with Gasteiger partial charge in [-0.3, -0.25) is 4.79 Å². The summed E-state index contributed by atoms with van der Waals surface area (Å²) in [5.41, 5.74) is -0.287. The number of hydrogen-bond donors (Lipinski definition) is 1. The summed E-state index contributed by atoms with van der Waals surface area (Å²) < 4.78 is 10.3. The molecule has 6 heteroatoms. The lowest BCUT2D eigenvalue weighted by Gasteiger charge is -2.38. The lowest BCUT2D eigenvalue weighted by atomic mass is 9.77. The van der Waals surface area contributed by atoms with Gasteiger partial charge >= 0.3 is 5.97 Å². The van der Waals surface area contributed by atoms with Crippen LogP contribution < -0.4 is 5.32 Å². The first-order valence-electron chi connectivity index (χ1n) is 8.10. The second kappa shape index (κ2) is 7.99. The molecule has 1 N–H and O–H groups in total. The van der Waals surface area contributed by atoms with Gasteiger partial charge in [0.25, 0.3) is 5.91 Å². The van der Waals surface area contributed by atoms with Crippen molar-refractivity contribution >= 4 is 23.5 Å². The topological polar surface area (TPSA) is 64.6 Å². The van der Waals surface area contributed by atoms with E-state index < -0.39 is 17.6 Å². The van der Waals surface area contributed by atoms with Crippen LogP contribution in [0.4, 0.5) is 0 Å². The molecule has 132 valence electrons. The molecule has 0 heterocycles. The van der Waals surface area contributed by atoms with Crippen molar-refractivity contribution in [3.8, 4) is 0 Å². The van der Waals surface area contributed by atoms with Crippen molar-refractivity contribution in [2.75, 3.05) is 14.2 Å². The van der Waals surface area contributed by atoms with Gasteiger partial charge in [0.15, 0.2) is 6.10 Å². The molecule has 0 aliphatic heterocycles. The third kappa shape index (κ3) is 4.08. The third-order valence-electron chi connectivity index (χ3n) is 4.71. The lowest BCUT2D eigenvalue weighted by molar-refractivity contribution is -0.154. The fourth-order valence-electron chi connectivity index (χ4n) is 3.16. The average molecular weight is 354 g/mol. The van der Waals surface area contributed by atoms with Gasteiger partial charge in [-0.2, -0.15) is 0 Å². The number of amides is 1. The molecule has 1 aromatic rings. The molecule has 0 bridgehead atoms. The Morgan fingerprint density at radius 1 is 1.21 bits per heavy atom. The number of hydrogen-bond acceptors (Lipinski definition) is 4. The zero-order chi connectivity index (χ0) is 17.7. The fraction of sp³-hybridized carbons (Fsp3) is 0.556. The van der Waals surface area contributed by atoms with E-state index in [1.54, 1.807) is 24.3 Å². The van der Waals surface area contributed by atoms with Crippen molar-refractivity contribution in [1.29, 1.82) is 0 Å². The van der Waals surface area contributed by atoms with Crippen molar-refractivity contribution in [3.05, 3.63) is 34.9 Å². The van der Waals surface area contributed by atoms with E-state index in [1.165, 1.54) is 14.2 Å². The zero-order valence-electron chi connectivity index (χ0n) is 14.3. The van der Waals surface area contributed by atoms with Gasteiger partial charge in [-0.15, -0.1) is 0 Å². The molecule has 1 aliphatic rings. The number of halogens is 1. The molecular formula is C18H24ClNO4. The minimum absolute atomic E-state index is 0.347. The predicted molar refractivity (Wildman–Crippen MR) is 91.7 cm³/mol. The number of benzene rings is 1. The largest absolute Gasteiger partial charge is 0.467 e. The Kier molecular flexibility index (Phi) is 6.24. The molecule has 1 unspecified atom stereocenters. The Balaban J connectivity index is 2.19. The summed E-state index contributed by atoms with van der Waals surface area (Å²) in [7, 11) is 2.81. The number of carbonyl (C=O) groups excluding carboxylic acids is 2. The van der Waals surface area contributed by atoms with Crippen LogP contribution in [0, 0.1) is 5.92 Å². The van der Waals surface area contributed by atoms with Gasteiger partial charge in [-0.25, -0.2) is 4.79 Å². The van der Waals surface area contributed by atoms with E-state index in [2.05, 4.69) is 12.2 Å². The van der Waals surface area contributed by atoms with Crippen LogP contribution in [0.15, 0.2) is 24.3 Å². The molecular weight excluding hydrogens is 330 g/mol. The molecule has 1 amide bonds. The van der Waals surface area contributed by atoms with E-state index in [-0.39, 0.29) is 5.91 Å². The maximum absolute atomic E-state index is 12.8. The molecule has 1 saturated carbocycles. The molecule has 1 aromatic carbocycles. The summed E-state index contributed by atoms with van der Waals surface area (Å²) in [5.74, 6) is -0.206. The lowest BCUT2D eigenvalue weighted by Crippen LogP contribution is -2.57. The van der Waals surface area contributed by atoms with Crippen LogP contribution in [0.25, 0.3) is 0 Å². The van der Waals surface area contributed by atoms with Crippen LogP contribution in [0.2, 0.25) is 5.02 Å². The van der Waals surface area contributed by atoms with Crippen LogP contribution in [0.3, 0.4) is 0 Å². The maximum Gasteiger partial charge on any atom is 0.331 e. The van der Waals surface area contributed by atoms with Crippen LogP contribution in [0.1, 0.15) is 44.3 Å². The van der Waals surface area contributed by atoms with Crippen LogP contribution in [-0.4, -0.2) is 31.6 Å². The normalized spacial score (nSPS) is 24.9. The van der Waals surface area contributed by atoms with Crippen molar-refractivity contribution in [2.24, 2.45) is 5.92 Å². The second-order valence-corrected chi connectivity index (χ2v) is 6.85. The molecule has 0 spiro atoms. The van der Waals surface area contributed by atoms with Gasteiger partial charge in [0.2, 0.25) is 0 Å². The molecule has 5 nitrogen and oxygen atoms in total. The number of rotatable bonds is 5. The summed E-state index contributed by atoms with van der Waals surface area (Å²) in [6, 6.07) is 6.89. The molecule has 2 rings (SSSR count). The Hall–Kier alpha value is -1.59. The van der Waals surface area contributed by atoms with E-state index in [0.717, 1.165) is 12.8 Å². The quantitative estimate of drug-likeness (QED) is 0.825. The third-order valence-corrected chi connectivity index (χ3v) is 4.97. The summed E-state index contributed by atoms with van der Waals surface area (Å²) in [5, 5.41) is 3.48. The fourth-order valence-corrected chi connectivity index (χ4v) is 3.29. The number of methoxy groups -OCH3 is 2. The van der Waals surface area contributed by atoms with Crippen molar-refractivity contribution < 1.29 is 19.1 Å². The second-order valence-electron chi connectivity index (χ2n) is 6.41. The maximum atomic E-state index is 12.8. The Bertz CT molecular complexity index is 579. The monoisotopic (exact) mass is 353 g/mol. The summed E-state index contributed by atoms with van der Waals surface area (Å²) >= 11 is 5.89. The van der Waals surface area contributed by atoms with E-state index in [0.29, 0.717) is 29.3 Å². The summed E-state index contributed by atoms with van der Waals surface area (Å²) in [6.45, 7) is 2.15. The van der Waals surface area contributed by atoms with Gasteiger partial charge in [-0.05, 0) is 49.3 Å². The van der Waals surface area contributed by atoms with Crippen molar-refractivity contribution in [2.45, 2.75) is 44.2 Å². The standard InChI is InChI=1S/C18H24ClNO4/c1-12-8-10-18(11-9-12,17(22)24-3)20-16(21)15(23-2)13-4-6-14(19)7-5-13/h4-7,12,15H,8-11H2,1-3H3,(H,20,21). The van der Waals surface area contributed by atoms with Crippen LogP contribution in [0.5, 0.6) is 0 Å². The Labute approximate surface area is 147 Å². The average Bonchev–Trinajstić information content (AvgIpc) is 2.58. The summed E-state index contributed by atoms with van der Waals surface area (Å²) in [6.07, 6.45) is 2.08. The van der Waals surface area contributed by atoms with Crippen molar-refractivity contribution in [3.63, 3.8) is 0 Å². The highest BCUT2D eigenvalue weighted by Crippen LogP contribution is 2.33. The summed E-state index contributed by atoms with van der Waals surface area (Å²) in [4.78, 5) is 25.1. The van der Waals surface area contributed by atoms with E-state index in [1.807, 2.05) is 0 Å². The SMILES string of the molecule is COC(=O)C1(NC(=O)C(OC)c2ccc(Cl)cc2)CCC(C)CC1. The van der Waals surface area contributed by atoms with Gasteiger partial charge in [0.05, 0.1) is 7.11 Å². The van der Waals surface area contributed by atoms with E-state index in [9.17, 15) is 9.59 Å². The van der Waals surface area contributed by atoms with Gasteiger partial charge < -0.3 is 14.8 Å². The number of esters is 1. The first kappa shape index (κ1) is 18.7. The first-order valence-corrected chi connectivity index (χ1v) is 8.48. The molecule has 0 aromatic heterocycles. The molecule has 24 heavy (non-hydrogen) atoms. The van der Waals surface area contributed by atoms with Crippen LogP contribution in [-0.2, 0) is 19.1 Å². The van der Waals surface area contributed by atoms with Gasteiger partial charge in [-0.1, -0.05) is 30.7 Å². The van der Waals surface area contributed by atoms with Crippen molar-refractivity contribution in [1.82, 2.24) is 5.32 Å². The van der Waals surface area contributed by atoms with Gasteiger partial charge in [0, 0.05) is 12.1 Å². The zero-order valence-corrected chi connectivity index (χ0v) is 15.1. The highest BCUT2D eigenvalue weighted by atomic mass is 35.5. The van der Waals surface area contributed by atoms with Crippen LogP contribution >= 0.6 is 11.6 Å². The Morgan fingerprint density at radius 3 is 2.29 bits per heavy atom. The molecule has 0 radical (unpaired) electrons. The first-order chi connectivity index (χ1) is 11.4.